The number of carboxylic acids is 1. The van der Waals surface area contributed by atoms with Crippen LogP contribution in [0.3, 0.4) is 0 Å². The van der Waals surface area contributed by atoms with E-state index in [-0.39, 0.29) is 6.04 Å². The highest BCUT2D eigenvalue weighted by Gasteiger charge is 2.30. The van der Waals surface area contributed by atoms with Crippen molar-refractivity contribution in [1.82, 2.24) is 5.32 Å². The van der Waals surface area contributed by atoms with Crippen LogP contribution in [0, 0.1) is 0 Å². The first kappa shape index (κ1) is 11.7. The molecular weight excluding hydrogens is 249 g/mol. The molecule has 16 heavy (non-hydrogen) atoms. The third kappa shape index (κ3) is 2.32. The molecular formula is C11H11Cl2NO2. The molecule has 1 aliphatic heterocycles. The van der Waals surface area contributed by atoms with Gasteiger partial charge in [-0.05, 0) is 30.5 Å². The number of nitrogens with one attached hydrogen (secondary N) is 1. The fraction of sp³-hybridized carbons (Fsp3) is 0.364. The first-order chi connectivity index (χ1) is 7.58. The summed E-state index contributed by atoms with van der Waals surface area (Å²) in [6.07, 6.45) is 1.40. The van der Waals surface area contributed by atoms with Gasteiger partial charge < -0.3 is 5.11 Å². The number of hydrogen-bond acceptors (Lipinski definition) is 2. The van der Waals surface area contributed by atoms with Crippen molar-refractivity contribution in [2.45, 2.75) is 24.9 Å². The van der Waals surface area contributed by atoms with E-state index >= 15 is 0 Å². The summed E-state index contributed by atoms with van der Waals surface area (Å²) in [4.78, 5) is 10.8. The van der Waals surface area contributed by atoms with Gasteiger partial charge in [0.25, 0.3) is 0 Å². The lowest BCUT2D eigenvalue weighted by atomic mass is 10.1. The summed E-state index contributed by atoms with van der Waals surface area (Å²) >= 11 is 11.9. The maximum absolute atomic E-state index is 10.8. The number of aliphatic carboxylic acids is 1. The Balaban J connectivity index is 2.17. The SMILES string of the molecule is O=C(O)C1CCC(c2ccc(Cl)cc2Cl)N1. The molecule has 0 aromatic heterocycles. The lowest BCUT2D eigenvalue weighted by Crippen LogP contribution is -2.31. The summed E-state index contributed by atoms with van der Waals surface area (Å²) in [5, 5.41) is 13.1. The molecule has 1 aromatic rings. The van der Waals surface area contributed by atoms with Gasteiger partial charge in [-0.15, -0.1) is 0 Å². The molecule has 0 saturated carbocycles. The normalized spacial score (nSPS) is 24.6. The number of carbonyl (C=O) groups is 1. The topological polar surface area (TPSA) is 49.3 Å². The molecule has 1 saturated heterocycles. The minimum Gasteiger partial charge on any atom is -0.480 e. The highest BCUT2D eigenvalue weighted by Crippen LogP contribution is 2.32. The predicted octanol–water partition coefficient (Wildman–Crippen LogP) is 2.87. The summed E-state index contributed by atoms with van der Waals surface area (Å²) in [7, 11) is 0. The van der Waals surface area contributed by atoms with Gasteiger partial charge in [-0.2, -0.15) is 0 Å². The van der Waals surface area contributed by atoms with E-state index in [1.807, 2.05) is 6.07 Å². The van der Waals surface area contributed by atoms with Crippen LogP contribution < -0.4 is 5.32 Å². The van der Waals surface area contributed by atoms with E-state index in [9.17, 15) is 4.79 Å². The van der Waals surface area contributed by atoms with Crippen molar-refractivity contribution in [3.05, 3.63) is 33.8 Å². The second-order valence-electron chi connectivity index (χ2n) is 3.85. The quantitative estimate of drug-likeness (QED) is 0.859. The Morgan fingerprint density at radius 1 is 1.38 bits per heavy atom. The van der Waals surface area contributed by atoms with Crippen molar-refractivity contribution in [3.8, 4) is 0 Å². The predicted molar refractivity (Wildman–Crippen MR) is 63.0 cm³/mol. The summed E-state index contributed by atoms with van der Waals surface area (Å²) in [5.74, 6) is -0.812. The zero-order valence-electron chi connectivity index (χ0n) is 8.41. The average Bonchev–Trinajstić information content (AvgIpc) is 2.66. The molecule has 2 rings (SSSR count). The molecule has 0 bridgehead atoms. The van der Waals surface area contributed by atoms with Gasteiger partial charge in [-0.25, -0.2) is 0 Å². The molecule has 1 aliphatic rings. The van der Waals surface area contributed by atoms with Gasteiger partial charge in [0.1, 0.15) is 6.04 Å². The molecule has 1 aromatic carbocycles. The largest absolute Gasteiger partial charge is 0.480 e. The van der Waals surface area contributed by atoms with Crippen molar-refractivity contribution in [1.29, 1.82) is 0 Å². The molecule has 0 aliphatic carbocycles. The van der Waals surface area contributed by atoms with Gasteiger partial charge in [-0.1, -0.05) is 29.3 Å². The van der Waals surface area contributed by atoms with Gasteiger partial charge >= 0.3 is 5.97 Å². The third-order valence-electron chi connectivity index (χ3n) is 2.78. The van der Waals surface area contributed by atoms with Gasteiger partial charge in [0.2, 0.25) is 0 Å². The standard InChI is InChI=1S/C11H11Cl2NO2/c12-6-1-2-7(8(13)5-6)9-3-4-10(14-9)11(15)16/h1-2,5,9-10,14H,3-4H2,(H,15,16). The van der Waals surface area contributed by atoms with Gasteiger partial charge in [0.05, 0.1) is 0 Å². The highest BCUT2D eigenvalue weighted by molar-refractivity contribution is 6.35. The molecule has 0 amide bonds. The molecule has 0 radical (unpaired) electrons. The zero-order valence-corrected chi connectivity index (χ0v) is 9.92. The minimum absolute atomic E-state index is 0.00543. The lowest BCUT2D eigenvalue weighted by molar-refractivity contribution is -0.139. The molecule has 2 unspecified atom stereocenters. The third-order valence-corrected chi connectivity index (χ3v) is 3.34. The average molecular weight is 260 g/mol. The van der Waals surface area contributed by atoms with E-state index in [2.05, 4.69) is 5.32 Å². The van der Waals surface area contributed by atoms with Gasteiger partial charge in [0, 0.05) is 16.1 Å². The molecule has 2 atom stereocenters. The smallest absolute Gasteiger partial charge is 0.320 e. The van der Waals surface area contributed by atoms with E-state index < -0.39 is 12.0 Å². The summed E-state index contributed by atoms with van der Waals surface area (Å²) in [5.41, 5.74) is 0.912. The van der Waals surface area contributed by atoms with E-state index in [1.54, 1.807) is 12.1 Å². The van der Waals surface area contributed by atoms with Crippen LogP contribution in [0.15, 0.2) is 18.2 Å². The van der Waals surface area contributed by atoms with E-state index in [4.69, 9.17) is 28.3 Å². The summed E-state index contributed by atoms with van der Waals surface area (Å²) in [6, 6.07) is 4.81. The first-order valence-electron chi connectivity index (χ1n) is 5.01. The Morgan fingerprint density at radius 3 is 2.69 bits per heavy atom. The maximum atomic E-state index is 10.8. The summed E-state index contributed by atoms with van der Waals surface area (Å²) < 4.78 is 0. The molecule has 1 fully saturated rings. The van der Waals surface area contributed by atoms with E-state index in [1.165, 1.54) is 0 Å². The van der Waals surface area contributed by atoms with Crippen molar-refractivity contribution in [3.63, 3.8) is 0 Å². The van der Waals surface area contributed by atoms with Crippen molar-refractivity contribution in [2.75, 3.05) is 0 Å². The van der Waals surface area contributed by atoms with Crippen LogP contribution in [0.2, 0.25) is 10.0 Å². The van der Waals surface area contributed by atoms with E-state index in [0.29, 0.717) is 16.5 Å². The number of carboxylic acid groups (broad SMARTS) is 1. The molecule has 1 heterocycles. The lowest BCUT2D eigenvalue weighted by Gasteiger charge is -2.14. The fourth-order valence-electron chi connectivity index (χ4n) is 1.97. The van der Waals surface area contributed by atoms with Crippen LogP contribution in [0.5, 0.6) is 0 Å². The molecule has 3 nitrogen and oxygen atoms in total. The molecule has 2 N–H and O–H groups in total. The highest BCUT2D eigenvalue weighted by atomic mass is 35.5. The monoisotopic (exact) mass is 259 g/mol. The van der Waals surface area contributed by atoms with Gasteiger partial charge in [-0.3, -0.25) is 10.1 Å². The van der Waals surface area contributed by atoms with Gasteiger partial charge in [0.15, 0.2) is 0 Å². The molecule has 0 spiro atoms. The Labute approximate surface area is 103 Å². The second-order valence-corrected chi connectivity index (χ2v) is 4.70. The molecule has 5 heteroatoms. The van der Waals surface area contributed by atoms with Crippen LogP contribution >= 0.6 is 23.2 Å². The fourth-order valence-corrected chi connectivity index (χ4v) is 2.51. The van der Waals surface area contributed by atoms with Crippen LogP contribution in [0.1, 0.15) is 24.4 Å². The minimum atomic E-state index is -0.812. The van der Waals surface area contributed by atoms with Crippen LogP contribution in [0.25, 0.3) is 0 Å². The maximum Gasteiger partial charge on any atom is 0.320 e. The Morgan fingerprint density at radius 2 is 2.12 bits per heavy atom. The number of rotatable bonds is 2. The van der Waals surface area contributed by atoms with E-state index in [0.717, 1.165) is 12.0 Å². The van der Waals surface area contributed by atoms with Crippen LogP contribution in [0.4, 0.5) is 0 Å². The Kier molecular flexibility index (Phi) is 3.38. The second kappa shape index (κ2) is 4.62. The number of halogens is 2. The Hall–Kier alpha value is -0.770. The van der Waals surface area contributed by atoms with Crippen LogP contribution in [-0.4, -0.2) is 17.1 Å². The summed E-state index contributed by atoms with van der Waals surface area (Å²) in [6.45, 7) is 0. The number of benzene rings is 1. The van der Waals surface area contributed by atoms with Crippen molar-refractivity contribution >= 4 is 29.2 Å². The first-order valence-corrected chi connectivity index (χ1v) is 5.77. The van der Waals surface area contributed by atoms with Crippen molar-refractivity contribution in [2.24, 2.45) is 0 Å². The van der Waals surface area contributed by atoms with Crippen LogP contribution in [-0.2, 0) is 4.79 Å². The Bertz CT molecular complexity index is 422. The number of hydrogen-bond donors (Lipinski definition) is 2. The van der Waals surface area contributed by atoms with Crippen molar-refractivity contribution < 1.29 is 9.90 Å². The molecule has 86 valence electrons. The zero-order chi connectivity index (χ0) is 11.7.